The van der Waals surface area contributed by atoms with Crippen molar-refractivity contribution in [2.45, 2.75) is 25.4 Å². The Kier molecular flexibility index (Phi) is 4.24. The van der Waals surface area contributed by atoms with Crippen LogP contribution in [0.4, 0.5) is 5.69 Å². The van der Waals surface area contributed by atoms with Gasteiger partial charge in [-0.25, -0.2) is 4.98 Å². The number of benzene rings is 1. The molecule has 2 N–H and O–H groups in total. The maximum Gasteiger partial charge on any atom is 0.126 e. The lowest BCUT2D eigenvalue weighted by Gasteiger charge is -2.35. The fourth-order valence-corrected chi connectivity index (χ4v) is 3.75. The lowest BCUT2D eigenvalue weighted by atomic mass is 9.94. The van der Waals surface area contributed by atoms with E-state index in [-0.39, 0.29) is 5.60 Å². The van der Waals surface area contributed by atoms with Crippen LogP contribution in [-0.2, 0) is 15.1 Å². The molecule has 0 atom stereocenters. The van der Waals surface area contributed by atoms with Crippen LogP contribution in [0.5, 0.6) is 0 Å². The maximum absolute atomic E-state index is 6.07. The SMILES string of the molecule is CCOC1(c2nc(-c3cccc(N)c3)cs2)CCOCC1. The van der Waals surface area contributed by atoms with E-state index in [4.69, 9.17) is 20.2 Å². The third-order valence-corrected chi connectivity index (χ3v) is 4.83. The average Bonchev–Trinajstić information content (AvgIpc) is 2.99. The highest BCUT2D eigenvalue weighted by atomic mass is 32.1. The predicted octanol–water partition coefficient (Wildman–Crippen LogP) is 3.43. The summed E-state index contributed by atoms with van der Waals surface area (Å²) in [6.45, 7) is 4.18. The van der Waals surface area contributed by atoms with Crippen molar-refractivity contribution < 1.29 is 9.47 Å². The average molecular weight is 304 g/mol. The quantitative estimate of drug-likeness (QED) is 0.879. The molecule has 1 saturated heterocycles. The Labute approximate surface area is 128 Å². The number of nitrogens with two attached hydrogens (primary N) is 1. The summed E-state index contributed by atoms with van der Waals surface area (Å²) in [6, 6.07) is 7.83. The molecule has 0 radical (unpaired) electrons. The van der Waals surface area contributed by atoms with Crippen molar-refractivity contribution in [3.05, 3.63) is 34.7 Å². The van der Waals surface area contributed by atoms with E-state index in [0.29, 0.717) is 6.61 Å². The zero-order valence-corrected chi connectivity index (χ0v) is 13.0. The molecule has 0 spiro atoms. The second-order valence-electron chi connectivity index (χ2n) is 5.20. The number of hydrogen-bond donors (Lipinski definition) is 1. The Hall–Kier alpha value is -1.43. The third-order valence-electron chi connectivity index (χ3n) is 3.80. The van der Waals surface area contributed by atoms with Crippen molar-refractivity contribution in [3.8, 4) is 11.3 Å². The van der Waals surface area contributed by atoms with Gasteiger partial charge in [-0.15, -0.1) is 11.3 Å². The summed E-state index contributed by atoms with van der Waals surface area (Å²) >= 11 is 1.66. The summed E-state index contributed by atoms with van der Waals surface area (Å²) in [7, 11) is 0. The molecule has 4 nitrogen and oxygen atoms in total. The van der Waals surface area contributed by atoms with E-state index >= 15 is 0 Å². The maximum atomic E-state index is 6.07. The lowest BCUT2D eigenvalue weighted by molar-refractivity contribution is -0.112. The van der Waals surface area contributed by atoms with E-state index in [0.717, 1.165) is 48.0 Å². The number of aromatic nitrogens is 1. The number of anilines is 1. The van der Waals surface area contributed by atoms with Gasteiger partial charge in [-0.05, 0) is 19.1 Å². The van der Waals surface area contributed by atoms with Gasteiger partial charge in [-0.1, -0.05) is 12.1 Å². The van der Waals surface area contributed by atoms with Crippen LogP contribution in [0.1, 0.15) is 24.8 Å². The molecule has 0 aliphatic carbocycles. The van der Waals surface area contributed by atoms with Crippen LogP contribution in [0.25, 0.3) is 11.3 Å². The Morgan fingerprint density at radius 1 is 1.38 bits per heavy atom. The highest BCUT2D eigenvalue weighted by Crippen LogP contribution is 2.39. The number of ether oxygens (including phenoxy) is 2. The molecule has 1 fully saturated rings. The summed E-state index contributed by atoms with van der Waals surface area (Å²) in [4.78, 5) is 4.82. The molecule has 1 aliphatic rings. The standard InChI is InChI=1S/C16H20N2O2S/c1-2-20-16(6-8-19-9-7-16)15-18-14(11-21-15)12-4-3-5-13(17)10-12/h3-5,10-11H,2,6-9,17H2,1H3. The molecule has 1 aromatic carbocycles. The van der Waals surface area contributed by atoms with Gasteiger partial charge in [-0.2, -0.15) is 0 Å². The van der Waals surface area contributed by atoms with Crippen LogP contribution in [0.2, 0.25) is 0 Å². The van der Waals surface area contributed by atoms with E-state index in [1.54, 1.807) is 11.3 Å². The van der Waals surface area contributed by atoms with Crippen molar-refractivity contribution in [2.24, 2.45) is 0 Å². The molecule has 0 bridgehead atoms. The minimum absolute atomic E-state index is 0.282. The van der Waals surface area contributed by atoms with Crippen molar-refractivity contribution in [3.63, 3.8) is 0 Å². The van der Waals surface area contributed by atoms with Crippen LogP contribution >= 0.6 is 11.3 Å². The molecule has 1 aliphatic heterocycles. The number of nitrogens with zero attached hydrogens (tertiary/aromatic N) is 1. The smallest absolute Gasteiger partial charge is 0.126 e. The monoisotopic (exact) mass is 304 g/mol. The summed E-state index contributed by atoms with van der Waals surface area (Å²) in [5.74, 6) is 0. The summed E-state index contributed by atoms with van der Waals surface area (Å²) in [5.41, 5.74) is 8.35. The highest BCUT2D eigenvalue weighted by molar-refractivity contribution is 7.10. The van der Waals surface area contributed by atoms with Crippen molar-refractivity contribution >= 4 is 17.0 Å². The second-order valence-corrected chi connectivity index (χ2v) is 6.06. The molecule has 0 unspecified atom stereocenters. The van der Waals surface area contributed by atoms with Gasteiger partial charge in [0.15, 0.2) is 0 Å². The number of hydrogen-bond acceptors (Lipinski definition) is 5. The molecule has 2 heterocycles. The van der Waals surface area contributed by atoms with Crippen molar-refractivity contribution in [1.29, 1.82) is 0 Å². The first-order valence-corrected chi connectivity index (χ1v) is 8.15. The summed E-state index contributed by atoms with van der Waals surface area (Å²) in [6.07, 6.45) is 1.73. The molecular weight excluding hydrogens is 284 g/mol. The van der Waals surface area contributed by atoms with Crippen LogP contribution in [0.3, 0.4) is 0 Å². The van der Waals surface area contributed by atoms with Crippen LogP contribution in [0, 0.1) is 0 Å². The summed E-state index contributed by atoms with van der Waals surface area (Å²) in [5, 5.41) is 3.13. The van der Waals surface area contributed by atoms with Gasteiger partial charge in [0.1, 0.15) is 10.6 Å². The molecular formula is C16H20N2O2S. The van der Waals surface area contributed by atoms with E-state index in [2.05, 4.69) is 5.38 Å². The summed E-state index contributed by atoms with van der Waals surface area (Å²) < 4.78 is 11.6. The normalized spacial score (nSPS) is 17.8. The van der Waals surface area contributed by atoms with E-state index in [1.807, 2.05) is 31.2 Å². The van der Waals surface area contributed by atoms with Crippen LogP contribution in [-0.4, -0.2) is 24.8 Å². The molecule has 21 heavy (non-hydrogen) atoms. The molecule has 5 heteroatoms. The van der Waals surface area contributed by atoms with Gasteiger partial charge in [0.2, 0.25) is 0 Å². The minimum Gasteiger partial charge on any atom is -0.399 e. The Morgan fingerprint density at radius 2 is 2.19 bits per heavy atom. The van der Waals surface area contributed by atoms with Crippen molar-refractivity contribution in [2.75, 3.05) is 25.6 Å². The number of rotatable bonds is 4. The molecule has 1 aromatic heterocycles. The number of nitrogen functional groups attached to an aromatic ring is 1. The zero-order valence-electron chi connectivity index (χ0n) is 12.2. The van der Waals surface area contributed by atoms with Gasteiger partial charge in [0.25, 0.3) is 0 Å². The molecule has 3 rings (SSSR count). The van der Waals surface area contributed by atoms with Gasteiger partial charge < -0.3 is 15.2 Å². The first-order chi connectivity index (χ1) is 10.2. The third kappa shape index (κ3) is 2.95. The van der Waals surface area contributed by atoms with E-state index in [9.17, 15) is 0 Å². The first kappa shape index (κ1) is 14.5. The second kappa shape index (κ2) is 6.13. The zero-order chi connectivity index (χ0) is 14.7. The van der Waals surface area contributed by atoms with Gasteiger partial charge in [0, 0.05) is 49.3 Å². The van der Waals surface area contributed by atoms with Crippen molar-refractivity contribution in [1.82, 2.24) is 4.98 Å². The van der Waals surface area contributed by atoms with E-state index < -0.39 is 0 Å². The van der Waals surface area contributed by atoms with Crippen LogP contribution in [0.15, 0.2) is 29.6 Å². The van der Waals surface area contributed by atoms with Gasteiger partial charge >= 0.3 is 0 Å². The Bertz CT molecular complexity index is 600. The lowest BCUT2D eigenvalue weighted by Crippen LogP contribution is -2.36. The fraction of sp³-hybridized carbons (Fsp3) is 0.438. The molecule has 0 amide bonds. The van der Waals surface area contributed by atoms with Crippen LogP contribution < -0.4 is 5.73 Å². The molecule has 0 saturated carbocycles. The van der Waals surface area contributed by atoms with Gasteiger partial charge in [0.05, 0.1) is 5.69 Å². The highest BCUT2D eigenvalue weighted by Gasteiger charge is 2.38. The van der Waals surface area contributed by atoms with E-state index in [1.165, 1.54) is 0 Å². The Balaban J connectivity index is 1.92. The first-order valence-electron chi connectivity index (χ1n) is 7.27. The Morgan fingerprint density at radius 3 is 2.90 bits per heavy atom. The molecule has 2 aromatic rings. The predicted molar refractivity (Wildman–Crippen MR) is 85.3 cm³/mol. The fourth-order valence-electron chi connectivity index (χ4n) is 2.71. The largest absolute Gasteiger partial charge is 0.399 e. The topological polar surface area (TPSA) is 57.4 Å². The minimum atomic E-state index is -0.282. The van der Waals surface area contributed by atoms with Gasteiger partial charge in [-0.3, -0.25) is 0 Å². The number of thiazole rings is 1. The molecule has 112 valence electrons.